The van der Waals surface area contributed by atoms with Gasteiger partial charge < -0.3 is 14.6 Å². The van der Waals surface area contributed by atoms with Gasteiger partial charge in [0.1, 0.15) is 6.10 Å². The highest BCUT2D eigenvalue weighted by atomic mass is 16.5. The van der Waals surface area contributed by atoms with E-state index < -0.39 is 6.10 Å². The van der Waals surface area contributed by atoms with Crippen molar-refractivity contribution in [1.82, 2.24) is 0 Å². The van der Waals surface area contributed by atoms with Crippen LogP contribution in [0.15, 0.2) is 42.5 Å². The summed E-state index contributed by atoms with van der Waals surface area (Å²) in [5, 5.41) is 10.5. The number of benzene rings is 2. The Labute approximate surface area is 125 Å². The zero-order valence-corrected chi connectivity index (χ0v) is 12.4. The van der Waals surface area contributed by atoms with Crippen molar-refractivity contribution in [1.29, 1.82) is 0 Å². The van der Waals surface area contributed by atoms with Gasteiger partial charge >= 0.3 is 0 Å². The molecule has 1 N–H and O–H groups in total. The molecule has 3 nitrogen and oxygen atoms in total. The van der Waals surface area contributed by atoms with E-state index in [0.717, 1.165) is 16.9 Å². The van der Waals surface area contributed by atoms with Gasteiger partial charge in [0, 0.05) is 5.92 Å². The SMILES string of the molecule is Cc1ccc(C(O)c2ccc3c(c2)OCC(C)CO3)cc1. The number of fused-ring (bicyclic) bond motifs is 1. The van der Waals surface area contributed by atoms with E-state index in [1.807, 2.05) is 49.4 Å². The number of ether oxygens (including phenoxy) is 2. The summed E-state index contributed by atoms with van der Waals surface area (Å²) in [6.07, 6.45) is -0.653. The highest BCUT2D eigenvalue weighted by molar-refractivity contribution is 5.45. The van der Waals surface area contributed by atoms with Gasteiger partial charge in [0.15, 0.2) is 11.5 Å². The van der Waals surface area contributed by atoms with E-state index in [2.05, 4.69) is 6.92 Å². The largest absolute Gasteiger partial charge is 0.489 e. The summed E-state index contributed by atoms with van der Waals surface area (Å²) in [5.74, 6) is 1.82. The van der Waals surface area contributed by atoms with Gasteiger partial charge in [0.25, 0.3) is 0 Å². The first-order valence-electron chi connectivity index (χ1n) is 7.27. The zero-order valence-electron chi connectivity index (χ0n) is 12.4. The molecule has 1 aliphatic rings. The Hall–Kier alpha value is -2.00. The highest BCUT2D eigenvalue weighted by Crippen LogP contribution is 2.34. The van der Waals surface area contributed by atoms with Gasteiger partial charge in [-0.25, -0.2) is 0 Å². The lowest BCUT2D eigenvalue weighted by Gasteiger charge is -2.14. The molecule has 2 aromatic rings. The van der Waals surface area contributed by atoms with Crippen molar-refractivity contribution in [2.24, 2.45) is 5.92 Å². The van der Waals surface area contributed by atoms with Gasteiger partial charge in [-0.05, 0) is 30.2 Å². The Morgan fingerprint density at radius 3 is 2.29 bits per heavy atom. The molecular weight excluding hydrogens is 264 g/mol. The molecule has 0 aromatic heterocycles. The molecule has 110 valence electrons. The van der Waals surface area contributed by atoms with Crippen molar-refractivity contribution < 1.29 is 14.6 Å². The molecular formula is C18H20O3. The number of rotatable bonds is 2. The van der Waals surface area contributed by atoms with Crippen LogP contribution in [-0.2, 0) is 0 Å². The zero-order chi connectivity index (χ0) is 14.8. The summed E-state index contributed by atoms with van der Waals surface area (Å²) in [6.45, 7) is 5.42. The van der Waals surface area contributed by atoms with E-state index >= 15 is 0 Å². The minimum Gasteiger partial charge on any atom is -0.489 e. The lowest BCUT2D eigenvalue weighted by Crippen LogP contribution is -2.12. The van der Waals surface area contributed by atoms with Gasteiger partial charge in [-0.15, -0.1) is 0 Å². The van der Waals surface area contributed by atoms with E-state index in [4.69, 9.17) is 9.47 Å². The summed E-state index contributed by atoms with van der Waals surface area (Å²) >= 11 is 0. The van der Waals surface area contributed by atoms with Gasteiger partial charge in [-0.1, -0.05) is 42.8 Å². The van der Waals surface area contributed by atoms with Crippen LogP contribution in [0, 0.1) is 12.8 Å². The standard InChI is InChI=1S/C18H20O3/c1-12-3-5-14(6-4-12)18(19)15-7-8-16-17(9-15)21-11-13(2)10-20-16/h3-9,13,18-19H,10-11H2,1-2H3. The maximum atomic E-state index is 10.5. The Kier molecular flexibility index (Phi) is 3.84. The van der Waals surface area contributed by atoms with Crippen molar-refractivity contribution in [2.75, 3.05) is 13.2 Å². The fourth-order valence-electron chi connectivity index (χ4n) is 2.38. The molecule has 21 heavy (non-hydrogen) atoms. The molecule has 0 amide bonds. The van der Waals surface area contributed by atoms with Crippen LogP contribution >= 0.6 is 0 Å². The quantitative estimate of drug-likeness (QED) is 0.917. The van der Waals surface area contributed by atoms with Gasteiger partial charge in [0.05, 0.1) is 13.2 Å². The van der Waals surface area contributed by atoms with Crippen LogP contribution in [-0.4, -0.2) is 18.3 Å². The molecule has 2 aromatic carbocycles. The van der Waals surface area contributed by atoms with Crippen molar-refractivity contribution >= 4 is 0 Å². The summed E-state index contributed by atoms with van der Waals surface area (Å²) in [7, 11) is 0. The molecule has 0 radical (unpaired) electrons. The van der Waals surface area contributed by atoms with Crippen molar-refractivity contribution in [3.8, 4) is 11.5 Å². The molecule has 0 saturated carbocycles. The average molecular weight is 284 g/mol. The van der Waals surface area contributed by atoms with Crippen LogP contribution in [0.1, 0.15) is 29.7 Å². The van der Waals surface area contributed by atoms with Crippen LogP contribution < -0.4 is 9.47 Å². The fraction of sp³-hybridized carbons (Fsp3) is 0.333. The van der Waals surface area contributed by atoms with E-state index in [1.54, 1.807) is 0 Å². The van der Waals surface area contributed by atoms with Gasteiger partial charge in [-0.2, -0.15) is 0 Å². The molecule has 2 atom stereocenters. The molecule has 0 fully saturated rings. The van der Waals surface area contributed by atoms with Crippen molar-refractivity contribution in [3.63, 3.8) is 0 Å². The second-order valence-corrected chi connectivity index (χ2v) is 5.75. The fourth-order valence-corrected chi connectivity index (χ4v) is 2.38. The predicted octanol–water partition coefficient (Wildman–Crippen LogP) is 3.48. The first-order valence-corrected chi connectivity index (χ1v) is 7.27. The van der Waals surface area contributed by atoms with E-state index in [-0.39, 0.29) is 0 Å². The van der Waals surface area contributed by atoms with E-state index in [9.17, 15) is 5.11 Å². The first kappa shape index (κ1) is 14.0. The third-order valence-electron chi connectivity index (χ3n) is 3.72. The maximum absolute atomic E-state index is 10.5. The van der Waals surface area contributed by atoms with Gasteiger partial charge in [-0.3, -0.25) is 0 Å². The smallest absolute Gasteiger partial charge is 0.161 e. The molecule has 0 bridgehead atoms. The number of aryl methyl sites for hydroxylation is 1. The lowest BCUT2D eigenvalue weighted by molar-refractivity contribution is 0.218. The number of aliphatic hydroxyl groups excluding tert-OH is 1. The minimum atomic E-state index is -0.653. The normalized spacial score (nSPS) is 18.9. The first-order chi connectivity index (χ1) is 10.1. The summed E-state index contributed by atoms with van der Waals surface area (Å²) in [5.41, 5.74) is 2.87. The maximum Gasteiger partial charge on any atom is 0.161 e. The van der Waals surface area contributed by atoms with Crippen molar-refractivity contribution in [3.05, 3.63) is 59.2 Å². The van der Waals surface area contributed by atoms with Gasteiger partial charge in [0.2, 0.25) is 0 Å². The predicted molar refractivity (Wildman–Crippen MR) is 81.8 cm³/mol. The van der Waals surface area contributed by atoms with Crippen LogP contribution in [0.3, 0.4) is 0 Å². The highest BCUT2D eigenvalue weighted by Gasteiger charge is 2.18. The molecule has 0 aliphatic carbocycles. The average Bonchev–Trinajstić information content (AvgIpc) is 2.69. The lowest BCUT2D eigenvalue weighted by atomic mass is 10.0. The molecule has 2 unspecified atom stereocenters. The number of hydrogen-bond acceptors (Lipinski definition) is 3. The van der Waals surface area contributed by atoms with E-state index in [1.165, 1.54) is 5.56 Å². The molecule has 3 heteroatoms. The summed E-state index contributed by atoms with van der Waals surface area (Å²) < 4.78 is 11.5. The molecule has 3 rings (SSSR count). The van der Waals surface area contributed by atoms with Crippen molar-refractivity contribution in [2.45, 2.75) is 20.0 Å². The van der Waals surface area contributed by atoms with E-state index in [0.29, 0.717) is 24.9 Å². The molecule has 1 heterocycles. The Morgan fingerprint density at radius 2 is 1.57 bits per heavy atom. The van der Waals surface area contributed by atoms with Crippen LogP contribution in [0.25, 0.3) is 0 Å². The summed E-state index contributed by atoms with van der Waals surface area (Å²) in [6, 6.07) is 13.5. The summed E-state index contributed by atoms with van der Waals surface area (Å²) in [4.78, 5) is 0. The third kappa shape index (κ3) is 3.03. The number of aliphatic hydroxyl groups is 1. The molecule has 1 aliphatic heterocycles. The second-order valence-electron chi connectivity index (χ2n) is 5.75. The van der Waals surface area contributed by atoms with Crippen LogP contribution in [0.5, 0.6) is 11.5 Å². The Morgan fingerprint density at radius 1 is 0.952 bits per heavy atom. The Bertz CT molecular complexity index is 619. The molecule has 0 saturated heterocycles. The minimum absolute atomic E-state index is 0.364. The molecule has 0 spiro atoms. The number of hydrogen-bond donors (Lipinski definition) is 1. The Balaban J connectivity index is 1.88. The third-order valence-corrected chi connectivity index (χ3v) is 3.72. The monoisotopic (exact) mass is 284 g/mol. The second kappa shape index (κ2) is 5.78. The van der Waals surface area contributed by atoms with Crippen LogP contribution in [0.2, 0.25) is 0 Å². The van der Waals surface area contributed by atoms with Crippen LogP contribution in [0.4, 0.5) is 0 Å². The topological polar surface area (TPSA) is 38.7 Å².